The summed E-state index contributed by atoms with van der Waals surface area (Å²) in [5.74, 6) is 1.23. The minimum atomic E-state index is -0.181. The average Bonchev–Trinajstić information content (AvgIpc) is 2.96. The highest BCUT2D eigenvalue weighted by Crippen LogP contribution is 2.39. The molecule has 1 N–H and O–H groups in total. The third kappa shape index (κ3) is 8.74. The molecule has 0 aromatic rings. The molecule has 1 rings (SSSR count). The van der Waals surface area contributed by atoms with Crippen LogP contribution in [0.15, 0.2) is 0 Å². The summed E-state index contributed by atoms with van der Waals surface area (Å²) < 4.78 is 4.56. The van der Waals surface area contributed by atoms with Crippen LogP contribution in [-0.2, 0) is 14.3 Å². The number of carbonyl (C=O) groups is 2. The van der Waals surface area contributed by atoms with Gasteiger partial charge in [-0.1, -0.05) is 28.0 Å². The van der Waals surface area contributed by atoms with Crippen LogP contribution in [0.1, 0.15) is 51.4 Å². The molecular formula is C14H25NO3S2. The molecule has 0 spiro atoms. The minimum absolute atomic E-state index is 0.136. The van der Waals surface area contributed by atoms with Gasteiger partial charge < -0.3 is 10.1 Å². The molecule has 0 saturated carbocycles. The molecule has 1 fully saturated rings. The molecule has 1 heterocycles. The summed E-state index contributed by atoms with van der Waals surface area (Å²) in [4.78, 5) is 22.5. The van der Waals surface area contributed by atoms with Gasteiger partial charge in [-0.2, -0.15) is 0 Å². The van der Waals surface area contributed by atoms with Gasteiger partial charge >= 0.3 is 5.97 Å². The molecule has 116 valence electrons. The topological polar surface area (TPSA) is 55.4 Å². The van der Waals surface area contributed by atoms with Crippen molar-refractivity contribution in [1.82, 2.24) is 5.32 Å². The van der Waals surface area contributed by atoms with Crippen molar-refractivity contribution in [3.8, 4) is 0 Å². The van der Waals surface area contributed by atoms with E-state index in [-0.39, 0.29) is 11.9 Å². The Kier molecular flexibility index (Phi) is 10.0. The van der Waals surface area contributed by atoms with Gasteiger partial charge in [-0.15, -0.1) is 0 Å². The molecule has 1 aliphatic heterocycles. The van der Waals surface area contributed by atoms with E-state index in [1.807, 2.05) is 21.6 Å². The van der Waals surface area contributed by atoms with E-state index < -0.39 is 0 Å². The van der Waals surface area contributed by atoms with Crippen LogP contribution >= 0.6 is 21.6 Å². The predicted molar refractivity (Wildman–Crippen MR) is 85.8 cm³/mol. The summed E-state index contributed by atoms with van der Waals surface area (Å²) in [6.07, 6.45) is 7.35. The van der Waals surface area contributed by atoms with Crippen LogP contribution in [0.4, 0.5) is 0 Å². The van der Waals surface area contributed by atoms with Gasteiger partial charge in [0, 0.05) is 30.4 Å². The van der Waals surface area contributed by atoms with Crippen molar-refractivity contribution in [2.45, 2.75) is 56.6 Å². The zero-order chi connectivity index (χ0) is 14.6. The maximum atomic E-state index is 11.6. The highest BCUT2D eigenvalue weighted by Gasteiger charge is 2.15. The molecule has 1 saturated heterocycles. The van der Waals surface area contributed by atoms with Crippen molar-refractivity contribution >= 4 is 33.5 Å². The van der Waals surface area contributed by atoms with Crippen molar-refractivity contribution in [2.75, 3.05) is 19.4 Å². The standard InChI is InChI=1S/C14H25NO3S2/c1-18-14(17)8-4-5-10-15-13(16)7-3-2-6-12-9-11-19-20-12/h12H,2-11H2,1H3,(H,15,16). The van der Waals surface area contributed by atoms with Crippen LogP contribution in [-0.4, -0.2) is 36.5 Å². The van der Waals surface area contributed by atoms with Crippen LogP contribution in [0.2, 0.25) is 0 Å². The Bertz CT molecular complexity index is 294. The fourth-order valence-electron chi connectivity index (χ4n) is 2.03. The number of amides is 1. The van der Waals surface area contributed by atoms with Crippen molar-refractivity contribution in [3.05, 3.63) is 0 Å². The fraction of sp³-hybridized carbons (Fsp3) is 0.857. The fourth-order valence-corrected chi connectivity index (χ4v) is 5.06. The van der Waals surface area contributed by atoms with E-state index >= 15 is 0 Å². The molecule has 1 atom stereocenters. The summed E-state index contributed by atoms with van der Waals surface area (Å²) in [6.45, 7) is 0.658. The Labute approximate surface area is 129 Å². The third-order valence-electron chi connectivity index (χ3n) is 3.26. The molecular weight excluding hydrogens is 294 g/mol. The summed E-state index contributed by atoms with van der Waals surface area (Å²) in [6, 6.07) is 0. The molecule has 6 heteroatoms. The number of methoxy groups -OCH3 is 1. The van der Waals surface area contributed by atoms with Crippen molar-refractivity contribution < 1.29 is 14.3 Å². The minimum Gasteiger partial charge on any atom is -0.469 e. The quantitative estimate of drug-likeness (QED) is 0.381. The number of carbonyl (C=O) groups excluding carboxylic acids is 2. The van der Waals surface area contributed by atoms with E-state index in [1.165, 1.54) is 25.7 Å². The van der Waals surface area contributed by atoms with Gasteiger partial charge in [-0.25, -0.2) is 0 Å². The zero-order valence-corrected chi connectivity index (χ0v) is 13.8. The molecule has 1 unspecified atom stereocenters. The number of ether oxygens (including phenoxy) is 1. The Balaban J connectivity index is 1.86. The number of esters is 1. The molecule has 0 aromatic heterocycles. The predicted octanol–water partition coefficient (Wildman–Crippen LogP) is 3.16. The third-order valence-corrected chi connectivity index (χ3v) is 6.27. The molecule has 0 aromatic carbocycles. The van der Waals surface area contributed by atoms with Gasteiger partial charge in [-0.3, -0.25) is 9.59 Å². The van der Waals surface area contributed by atoms with Gasteiger partial charge in [0.25, 0.3) is 0 Å². The Morgan fingerprint density at radius 2 is 2.00 bits per heavy atom. The average molecular weight is 319 g/mol. The Morgan fingerprint density at radius 1 is 1.20 bits per heavy atom. The summed E-state index contributed by atoms with van der Waals surface area (Å²) in [7, 11) is 5.37. The van der Waals surface area contributed by atoms with Gasteiger partial charge in [0.05, 0.1) is 7.11 Å². The second-order valence-corrected chi connectivity index (χ2v) is 7.75. The maximum absolute atomic E-state index is 11.6. The maximum Gasteiger partial charge on any atom is 0.305 e. The molecule has 0 bridgehead atoms. The molecule has 0 radical (unpaired) electrons. The molecule has 4 nitrogen and oxygen atoms in total. The molecule has 20 heavy (non-hydrogen) atoms. The number of unbranched alkanes of at least 4 members (excludes halogenated alkanes) is 2. The largest absolute Gasteiger partial charge is 0.469 e. The number of nitrogens with one attached hydrogen (secondary N) is 1. The Morgan fingerprint density at radius 3 is 2.70 bits per heavy atom. The van der Waals surface area contributed by atoms with E-state index in [9.17, 15) is 9.59 Å². The first kappa shape index (κ1) is 17.7. The van der Waals surface area contributed by atoms with Crippen LogP contribution in [0, 0.1) is 0 Å². The van der Waals surface area contributed by atoms with Crippen LogP contribution in [0.25, 0.3) is 0 Å². The lowest BCUT2D eigenvalue weighted by atomic mass is 10.1. The normalized spacial score (nSPS) is 17.9. The van der Waals surface area contributed by atoms with E-state index in [2.05, 4.69) is 10.1 Å². The lowest BCUT2D eigenvalue weighted by Gasteiger charge is -2.07. The molecule has 1 aliphatic rings. The number of hydrogen-bond donors (Lipinski definition) is 1. The molecule has 0 aliphatic carbocycles. The summed E-state index contributed by atoms with van der Waals surface area (Å²) in [5.41, 5.74) is 0. The molecule has 1 amide bonds. The van der Waals surface area contributed by atoms with E-state index in [0.717, 1.165) is 30.9 Å². The van der Waals surface area contributed by atoms with Crippen molar-refractivity contribution in [3.63, 3.8) is 0 Å². The number of hydrogen-bond acceptors (Lipinski definition) is 5. The number of rotatable bonds is 10. The smallest absolute Gasteiger partial charge is 0.305 e. The van der Waals surface area contributed by atoms with Crippen LogP contribution in [0.3, 0.4) is 0 Å². The highest BCUT2D eigenvalue weighted by atomic mass is 33.1. The van der Waals surface area contributed by atoms with Crippen LogP contribution < -0.4 is 5.32 Å². The first-order chi connectivity index (χ1) is 9.72. The van der Waals surface area contributed by atoms with E-state index in [4.69, 9.17) is 0 Å². The van der Waals surface area contributed by atoms with Gasteiger partial charge in [0.15, 0.2) is 0 Å². The van der Waals surface area contributed by atoms with Gasteiger partial charge in [0.2, 0.25) is 5.91 Å². The van der Waals surface area contributed by atoms with Gasteiger partial charge in [0.1, 0.15) is 0 Å². The lowest BCUT2D eigenvalue weighted by Crippen LogP contribution is -2.24. The summed E-state index contributed by atoms with van der Waals surface area (Å²) in [5, 5.41) is 3.71. The lowest BCUT2D eigenvalue weighted by molar-refractivity contribution is -0.140. The van der Waals surface area contributed by atoms with E-state index in [0.29, 0.717) is 19.4 Å². The van der Waals surface area contributed by atoms with Crippen LogP contribution in [0.5, 0.6) is 0 Å². The Hall–Kier alpha value is -0.360. The highest BCUT2D eigenvalue weighted by molar-refractivity contribution is 8.77. The first-order valence-corrected chi connectivity index (χ1v) is 9.72. The van der Waals surface area contributed by atoms with Gasteiger partial charge in [-0.05, 0) is 32.1 Å². The SMILES string of the molecule is COC(=O)CCCCNC(=O)CCCCC1CCSS1. The van der Waals surface area contributed by atoms with Crippen molar-refractivity contribution in [2.24, 2.45) is 0 Å². The first-order valence-electron chi connectivity index (χ1n) is 7.34. The van der Waals surface area contributed by atoms with Crippen molar-refractivity contribution in [1.29, 1.82) is 0 Å². The summed E-state index contributed by atoms with van der Waals surface area (Å²) >= 11 is 0. The second kappa shape index (κ2) is 11.3. The van der Waals surface area contributed by atoms with E-state index in [1.54, 1.807) is 0 Å². The second-order valence-electron chi connectivity index (χ2n) is 4.96. The monoisotopic (exact) mass is 319 g/mol. The zero-order valence-electron chi connectivity index (χ0n) is 12.2.